The van der Waals surface area contributed by atoms with Crippen molar-refractivity contribution < 1.29 is 8.42 Å². The molecule has 4 nitrogen and oxygen atoms in total. The van der Waals surface area contributed by atoms with E-state index in [0.717, 1.165) is 25.8 Å². The number of nitrogens with one attached hydrogen (secondary N) is 1. The number of hydrogen-bond acceptors (Lipinski definition) is 3. The summed E-state index contributed by atoms with van der Waals surface area (Å²) in [4.78, 5) is 0.0137. The summed E-state index contributed by atoms with van der Waals surface area (Å²) in [6, 6.07) is 4.95. The van der Waals surface area contributed by atoms with E-state index in [9.17, 15) is 8.42 Å². The van der Waals surface area contributed by atoms with E-state index < -0.39 is 10.0 Å². The fraction of sp³-hybridized carbons (Fsp3) is 0.571. The second-order valence-electron chi connectivity index (χ2n) is 5.21. The van der Waals surface area contributed by atoms with Gasteiger partial charge >= 0.3 is 0 Å². The molecule has 1 aliphatic heterocycles. The summed E-state index contributed by atoms with van der Waals surface area (Å²) in [7, 11) is -3.68. The smallest absolute Gasteiger partial charge is 0.246 e. The highest BCUT2D eigenvalue weighted by molar-refractivity contribution is 7.89. The highest BCUT2D eigenvalue weighted by atomic mass is 35.5. The summed E-state index contributed by atoms with van der Waals surface area (Å²) in [5.74, 6) is 0. The zero-order valence-electron chi connectivity index (χ0n) is 12.0. The summed E-state index contributed by atoms with van der Waals surface area (Å²) in [5, 5.41) is 3.67. The molecule has 2 rings (SSSR count). The van der Waals surface area contributed by atoms with Crippen LogP contribution < -0.4 is 5.32 Å². The predicted octanol–water partition coefficient (Wildman–Crippen LogP) is 3.15. The Morgan fingerprint density at radius 3 is 2.52 bits per heavy atom. The Labute approximate surface area is 136 Å². The normalized spacial score (nSPS) is 19.3. The van der Waals surface area contributed by atoms with Crippen LogP contribution in [0.5, 0.6) is 0 Å². The molecule has 118 valence electrons. The van der Waals surface area contributed by atoms with E-state index in [1.54, 1.807) is 18.2 Å². The monoisotopic (exact) mass is 350 g/mol. The second kappa shape index (κ2) is 7.29. The molecule has 1 saturated heterocycles. The van der Waals surface area contributed by atoms with E-state index in [4.69, 9.17) is 23.2 Å². The number of hydrogen-bond donors (Lipinski definition) is 1. The molecular formula is C14H20Cl2N2O2S. The molecule has 0 bridgehead atoms. The van der Waals surface area contributed by atoms with Crippen molar-refractivity contribution in [2.75, 3.05) is 19.6 Å². The van der Waals surface area contributed by atoms with Gasteiger partial charge in [-0.25, -0.2) is 8.42 Å². The Balaban J connectivity index is 2.32. The number of halogens is 2. The Morgan fingerprint density at radius 1 is 1.33 bits per heavy atom. The molecule has 0 saturated carbocycles. The quantitative estimate of drug-likeness (QED) is 0.857. The topological polar surface area (TPSA) is 49.4 Å². The van der Waals surface area contributed by atoms with Crippen molar-refractivity contribution >= 4 is 33.2 Å². The molecule has 1 aromatic carbocycles. The number of nitrogens with zero attached hydrogens (tertiary/aromatic N) is 1. The minimum Gasteiger partial charge on any atom is -0.313 e. The van der Waals surface area contributed by atoms with Crippen LogP contribution in [0.3, 0.4) is 0 Å². The number of sulfonamides is 1. The maximum atomic E-state index is 12.9. The highest BCUT2D eigenvalue weighted by Crippen LogP contribution is 2.31. The molecule has 0 aromatic heterocycles. The Bertz CT molecular complexity index is 566. The van der Waals surface area contributed by atoms with Gasteiger partial charge in [-0.15, -0.1) is 0 Å². The Morgan fingerprint density at radius 2 is 2.00 bits per heavy atom. The van der Waals surface area contributed by atoms with Crippen molar-refractivity contribution in [2.24, 2.45) is 0 Å². The fourth-order valence-corrected chi connectivity index (χ4v) is 5.24. The van der Waals surface area contributed by atoms with Gasteiger partial charge in [-0.3, -0.25) is 0 Å². The van der Waals surface area contributed by atoms with Crippen LogP contribution in [0.15, 0.2) is 23.1 Å². The van der Waals surface area contributed by atoms with Crippen molar-refractivity contribution in [3.63, 3.8) is 0 Å². The maximum Gasteiger partial charge on any atom is 0.246 e. The Kier molecular flexibility index (Phi) is 5.91. The van der Waals surface area contributed by atoms with Crippen LogP contribution in [0, 0.1) is 0 Å². The standard InChI is InChI=1S/C14H20Cl2N2O2S/c1-2-9-18(10-11-5-4-8-17-11)21(19,20)14-12(15)6-3-7-13(14)16/h3,6-7,11,17H,2,4-5,8-10H2,1H3. The molecule has 1 N–H and O–H groups in total. The molecule has 1 fully saturated rings. The van der Waals surface area contributed by atoms with Gasteiger partial charge in [-0.1, -0.05) is 36.2 Å². The summed E-state index contributed by atoms with van der Waals surface area (Å²) >= 11 is 12.1. The van der Waals surface area contributed by atoms with Gasteiger partial charge in [0, 0.05) is 19.1 Å². The lowest BCUT2D eigenvalue weighted by Crippen LogP contribution is -2.41. The van der Waals surface area contributed by atoms with Crippen molar-refractivity contribution in [2.45, 2.75) is 37.1 Å². The average Bonchev–Trinajstić information content (AvgIpc) is 2.90. The van der Waals surface area contributed by atoms with Crippen LogP contribution in [0.1, 0.15) is 26.2 Å². The SMILES string of the molecule is CCCN(CC1CCCN1)S(=O)(=O)c1c(Cl)cccc1Cl. The van der Waals surface area contributed by atoms with Crippen molar-refractivity contribution in [1.82, 2.24) is 9.62 Å². The maximum absolute atomic E-state index is 12.9. The van der Waals surface area contributed by atoms with Gasteiger partial charge in [-0.05, 0) is 37.9 Å². The fourth-order valence-electron chi connectivity index (χ4n) is 2.58. The van der Waals surface area contributed by atoms with Crippen LogP contribution in [0.25, 0.3) is 0 Å². The molecule has 1 atom stereocenters. The predicted molar refractivity (Wildman–Crippen MR) is 86.5 cm³/mol. The van der Waals surface area contributed by atoms with E-state index in [1.165, 1.54) is 4.31 Å². The minimum atomic E-state index is -3.68. The molecule has 1 aromatic rings. The molecule has 7 heteroatoms. The van der Waals surface area contributed by atoms with E-state index in [0.29, 0.717) is 13.1 Å². The van der Waals surface area contributed by atoms with Gasteiger partial charge in [0.25, 0.3) is 0 Å². The molecule has 1 unspecified atom stereocenters. The summed E-state index contributed by atoms with van der Waals surface area (Å²) in [5.41, 5.74) is 0. The second-order valence-corrected chi connectivity index (χ2v) is 7.90. The van der Waals surface area contributed by atoms with Gasteiger partial charge in [0.1, 0.15) is 4.90 Å². The third-order valence-corrected chi connectivity index (χ3v) is 6.40. The lowest BCUT2D eigenvalue weighted by atomic mass is 10.2. The lowest BCUT2D eigenvalue weighted by Gasteiger charge is -2.25. The molecule has 0 aliphatic carbocycles. The first-order valence-corrected chi connectivity index (χ1v) is 9.34. The first-order chi connectivity index (χ1) is 9.96. The van der Waals surface area contributed by atoms with Gasteiger partial charge in [-0.2, -0.15) is 4.31 Å². The van der Waals surface area contributed by atoms with E-state index in [2.05, 4.69) is 5.32 Å². The van der Waals surface area contributed by atoms with E-state index >= 15 is 0 Å². The number of benzene rings is 1. The average molecular weight is 351 g/mol. The third-order valence-electron chi connectivity index (χ3n) is 3.58. The van der Waals surface area contributed by atoms with Gasteiger partial charge in [0.15, 0.2) is 0 Å². The minimum absolute atomic E-state index is 0.0137. The highest BCUT2D eigenvalue weighted by Gasteiger charge is 2.31. The molecule has 1 heterocycles. The van der Waals surface area contributed by atoms with Gasteiger partial charge < -0.3 is 5.32 Å². The van der Waals surface area contributed by atoms with Crippen LogP contribution in [-0.2, 0) is 10.0 Å². The van der Waals surface area contributed by atoms with E-state index in [-0.39, 0.29) is 21.0 Å². The van der Waals surface area contributed by atoms with Gasteiger partial charge in [0.05, 0.1) is 10.0 Å². The lowest BCUT2D eigenvalue weighted by molar-refractivity contribution is 0.369. The van der Waals surface area contributed by atoms with Crippen LogP contribution in [0.4, 0.5) is 0 Å². The summed E-state index contributed by atoms with van der Waals surface area (Å²) in [6.07, 6.45) is 2.82. The largest absolute Gasteiger partial charge is 0.313 e. The zero-order valence-corrected chi connectivity index (χ0v) is 14.3. The Hall–Kier alpha value is -0.330. The third kappa shape index (κ3) is 3.90. The number of rotatable bonds is 6. The van der Waals surface area contributed by atoms with Crippen LogP contribution >= 0.6 is 23.2 Å². The van der Waals surface area contributed by atoms with Crippen LogP contribution in [-0.4, -0.2) is 38.4 Å². The van der Waals surface area contributed by atoms with Crippen molar-refractivity contribution in [3.8, 4) is 0 Å². The summed E-state index contributed by atoms with van der Waals surface area (Å²) in [6.45, 7) is 3.82. The van der Waals surface area contributed by atoms with Crippen molar-refractivity contribution in [3.05, 3.63) is 28.2 Å². The molecular weight excluding hydrogens is 331 g/mol. The summed E-state index contributed by atoms with van der Waals surface area (Å²) < 4.78 is 27.3. The zero-order chi connectivity index (χ0) is 15.5. The molecule has 21 heavy (non-hydrogen) atoms. The van der Waals surface area contributed by atoms with Crippen molar-refractivity contribution in [1.29, 1.82) is 0 Å². The van der Waals surface area contributed by atoms with Gasteiger partial charge in [0.2, 0.25) is 10.0 Å². The molecule has 0 amide bonds. The molecule has 0 spiro atoms. The molecule has 0 radical (unpaired) electrons. The van der Waals surface area contributed by atoms with E-state index in [1.807, 2.05) is 6.92 Å². The molecule has 1 aliphatic rings. The first-order valence-electron chi connectivity index (χ1n) is 7.14. The van der Waals surface area contributed by atoms with Crippen LogP contribution in [0.2, 0.25) is 10.0 Å². The first kappa shape index (κ1) is 17.0.